The molecule has 0 radical (unpaired) electrons. The number of rotatable bonds is 3. The number of piperidine rings is 1. The van der Waals surface area contributed by atoms with Gasteiger partial charge in [0, 0.05) is 13.1 Å². The summed E-state index contributed by atoms with van der Waals surface area (Å²) in [5, 5.41) is 11.7. The van der Waals surface area contributed by atoms with Gasteiger partial charge in [-0.05, 0) is 54.4 Å². The van der Waals surface area contributed by atoms with Crippen molar-refractivity contribution in [3.05, 3.63) is 59.0 Å². The number of carbonyl (C=O) groups excluding carboxylic acids is 1. The molecule has 1 fully saturated rings. The van der Waals surface area contributed by atoms with Gasteiger partial charge in [0.05, 0.1) is 6.54 Å². The SMILES string of the molecule is O=C(O)c1ccc(CNC(=O)N2CCC3(CCc4ccccc43)CC2)o1. The van der Waals surface area contributed by atoms with Gasteiger partial charge in [0.15, 0.2) is 0 Å². The van der Waals surface area contributed by atoms with E-state index in [0.717, 1.165) is 32.4 Å². The molecule has 2 amide bonds. The van der Waals surface area contributed by atoms with Crippen molar-refractivity contribution in [3.63, 3.8) is 0 Å². The molecule has 6 heteroatoms. The zero-order chi connectivity index (χ0) is 18.1. The zero-order valence-electron chi connectivity index (χ0n) is 14.5. The van der Waals surface area contributed by atoms with Gasteiger partial charge in [-0.25, -0.2) is 9.59 Å². The molecule has 26 heavy (non-hydrogen) atoms. The fourth-order valence-electron chi connectivity index (χ4n) is 4.28. The van der Waals surface area contributed by atoms with Crippen LogP contribution in [0.15, 0.2) is 40.8 Å². The molecule has 1 aliphatic heterocycles. The number of hydrogen-bond acceptors (Lipinski definition) is 3. The largest absolute Gasteiger partial charge is 0.475 e. The topological polar surface area (TPSA) is 82.8 Å². The van der Waals surface area contributed by atoms with Crippen LogP contribution in [0.1, 0.15) is 46.7 Å². The number of fused-ring (bicyclic) bond motifs is 2. The average Bonchev–Trinajstić information content (AvgIpc) is 3.27. The van der Waals surface area contributed by atoms with Crippen LogP contribution in [0.3, 0.4) is 0 Å². The molecule has 2 N–H and O–H groups in total. The number of carbonyl (C=O) groups is 2. The summed E-state index contributed by atoms with van der Waals surface area (Å²) in [6, 6.07) is 11.5. The maximum absolute atomic E-state index is 12.4. The van der Waals surface area contributed by atoms with Gasteiger partial charge in [-0.3, -0.25) is 0 Å². The maximum Gasteiger partial charge on any atom is 0.371 e. The Morgan fingerprint density at radius 3 is 2.62 bits per heavy atom. The van der Waals surface area contributed by atoms with Crippen molar-refractivity contribution in [1.82, 2.24) is 10.2 Å². The van der Waals surface area contributed by atoms with Gasteiger partial charge in [-0.2, -0.15) is 0 Å². The molecule has 4 rings (SSSR count). The lowest BCUT2D eigenvalue weighted by atomic mass is 9.74. The minimum atomic E-state index is -1.11. The van der Waals surface area contributed by atoms with Crippen molar-refractivity contribution < 1.29 is 19.1 Å². The Balaban J connectivity index is 1.33. The minimum absolute atomic E-state index is 0.117. The molecule has 136 valence electrons. The summed E-state index contributed by atoms with van der Waals surface area (Å²) < 4.78 is 5.17. The van der Waals surface area contributed by atoms with Gasteiger partial charge in [-0.15, -0.1) is 0 Å². The van der Waals surface area contributed by atoms with Crippen LogP contribution in [0, 0.1) is 0 Å². The highest BCUT2D eigenvalue weighted by atomic mass is 16.4. The summed E-state index contributed by atoms with van der Waals surface area (Å²) in [6.45, 7) is 1.66. The number of likely N-dealkylation sites (tertiary alicyclic amines) is 1. The predicted octanol–water partition coefficient (Wildman–Crippen LogP) is 3.17. The molecule has 1 aromatic carbocycles. The Bertz CT molecular complexity index is 834. The quantitative estimate of drug-likeness (QED) is 0.887. The lowest BCUT2D eigenvalue weighted by Crippen LogP contribution is -2.48. The highest BCUT2D eigenvalue weighted by Crippen LogP contribution is 2.46. The van der Waals surface area contributed by atoms with Crippen LogP contribution in [0.4, 0.5) is 4.79 Å². The Morgan fingerprint density at radius 2 is 1.88 bits per heavy atom. The fraction of sp³-hybridized carbons (Fsp3) is 0.400. The van der Waals surface area contributed by atoms with Crippen molar-refractivity contribution in [2.75, 3.05) is 13.1 Å². The van der Waals surface area contributed by atoms with E-state index in [-0.39, 0.29) is 23.8 Å². The van der Waals surface area contributed by atoms with Gasteiger partial charge in [-0.1, -0.05) is 24.3 Å². The summed E-state index contributed by atoms with van der Waals surface area (Å²) in [5.74, 6) is -0.788. The molecule has 2 aliphatic rings. The number of urea groups is 1. The van der Waals surface area contributed by atoms with E-state index in [0.29, 0.717) is 5.76 Å². The summed E-state index contributed by atoms with van der Waals surface area (Å²) in [6.07, 6.45) is 4.28. The van der Waals surface area contributed by atoms with Gasteiger partial charge in [0.2, 0.25) is 5.76 Å². The number of aryl methyl sites for hydroxylation is 1. The van der Waals surface area contributed by atoms with E-state index in [1.165, 1.54) is 23.6 Å². The number of carboxylic acids is 1. The van der Waals surface area contributed by atoms with Gasteiger partial charge in [0.25, 0.3) is 0 Å². The first-order valence-electron chi connectivity index (χ1n) is 9.01. The number of aromatic carboxylic acids is 1. The number of carboxylic acid groups (broad SMARTS) is 1. The lowest BCUT2D eigenvalue weighted by molar-refractivity contribution is 0.0660. The number of nitrogens with one attached hydrogen (secondary N) is 1. The second-order valence-corrected chi connectivity index (χ2v) is 7.15. The van der Waals surface area contributed by atoms with Crippen molar-refractivity contribution in [2.24, 2.45) is 0 Å². The molecule has 2 heterocycles. The Morgan fingerprint density at radius 1 is 1.12 bits per heavy atom. The van der Waals surface area contributed by atoms with Crippen LogP contribution in [0.25, 0.3) is 0 Å². The van der Waals surface area contributed by atoms with E-state index in [9.17, 15) is 9.59 Å². The molecule has 6 nitrogen and oxygen atoms in total. The first-order chi connectivity index (χ1) is 12.6. The fourth-order valence-corrected chi connectivity index (χ4v) is 4.28. The van der Waals surface area contributed by atoms with Gasteiger partial charge in [0.1, 0.15) is 5.76 Å². The Labute approximate surface area is 151 Å². The second kappa shape index (κ2) is 6.52. The smallest absolute Gasteiger partial charge is 0.371 e. The second-order valence-electron chi connectivity index (χ2n) is 7.15. The summed E-state index contributed by atoms with van der Waals surface area (Å²) >= 11 is 0. The molecule has 0 atom stereocenters. The standard InChI is InChI=1S/C20H22N2O4/c23-18(24)17-6-5-15(26-17)13-21-19(25)22-11-9-20(10-12-22)8-7-14-3-1-2-4-16(14)20/h1-6H,7-13H2,(H,21,25)(H,23,24). The average molecular weight is 354 g/mol. The van der Waals surface area contributed by atoms with Crippen LogP contribution in [-0.2, 0) is 18.4 Å². The van der Waals surface area contributed by atoms with E-state index in [2.05, 4.69) is 29.6 Å². The number of furan rings is 1. The van der Waals surface area contributed by atoms with E-state index >= 15 is 0 Å². The third-order valence-corrected chi connectivity index (χ3v) is 5.76. The molecule has 0 bridgehead atoms. The van der Waals surface area contributed by atoms with Gasteiger partial charge >= 0.3 is 12.0 Å². The monoisotopic (exact) mass is 354 g/mol. The lowest BCUT2D eigenvalue weighted by Gasteiger charge is -2.40. The van der Waals surface area contributed by atoms with Gasteiger partial charge < -0.3 is 19.7 Å². The zero-order valence-corrected chi connectivity index (χ0v) is 14.5. The Hall–Kier alpha value is -2.76. The van der Waals surface area contributed by atoms with Crippen LogP contribution in [0.2, 0.25) is 0 Å². The number of amides is 2. The molecular weight excluding hydrogens is 332 g/mol. The molecule has 0 unspecified atom stereocenters. The van der Waals surface area contributed by atoms with Crippen molar-refractivity contribution in [2.45, 2.75) is 37.6 Å². The molecule has 0 saturated carbocycles. The van der Waals surface area contributed by atoms with Crippen LogP contribution in [-0.4, -0.2) is 35.1 Å². The first kappa shape index (κ1) is 16.7. The molecular formula is C20H22N2O4. The van der Waals surface area contributed by atoms with Crippen molar-refractivity contribution >= 4 is 12.0 Å². The van der Waals surface area contributed by atoms with Crippen LogP contribution in [0.5, 0.6) is 0 Å². The first-order valence-corrected chi connectivity index (χ1v) is 9.01. The molecule has 2 aromatic rings. The van der Waals surface area contributed by atoms with E-state index in [4.69, 9.17) is 9.52 Å². The van der Waals surface area contributed by atoms with Crippen molar-refractivity contribution in [3.8, 4) is 0 Å². The highest BCUT2D eigenvalue weighted by molar-refractivity contribution is 5.84. The number of nitrogens with zero attached hydrogens (tertiary/aromatic N) is 1. The normalized spacial score (nSPS) is 17.9. The summed E-state index contributed by atoms with van der Waals surface area (Å²) in [7, 11) is 0. The third kappa shape index (κ3) is 2.96. The minimum Gasteiger partial charge on any atom is -0.475 e. The maximum atomic E-state index is 12.4. The summed E-state index contributed by atoms with van der Waals surface area (Å²) in [4.78, 5) is 25.1. The van der Waals surface area contributed by atoms with E-state index in [1.807, 2.05) is 4.90 Å². The Kier molecular flexibility index (Phi) is 4.18. The van der Waals surface area contributed by atoms with Crippen molar-refractivity contribution in [1.29, 1.82) is 0 Å². The number of benzene rings is 1. The van der Waals surface area contributed by atoms with Crippen LogP contribution < -0.4 is 5.32 Å². The molecule has 1 aliphatic carbocycles. The number of hydrogen-bond donors (Lipinski definition) is 2. The van der Waals surface area contributed by atoms with E-state index in [1.54, 1.807) is 6.07 Å². The summed E-state index contributed by atoms with van der Waals surface area (Å²) in [5.41, 5.74) is 3.15. The molecule has 1 spiro atoms. The predicted molar refractivity (Wildman–Crippen MR) is 95.2 cm³/mol. The van der Waals surface area contributed by atoms with E-state index < -0.39 is 5.97 Å². The highest BCUT2D eigenvalue weighted by Gasteiger charge is 2.41. The molecule has 1 aromatic heterocycles. The van der Waals surface area contributed by atoms with Crippen LogP contribution >= 0.6 is 0 Å². The third-order valence-electron chi connectivity index (χ3n) is 5.76. The molecule has 1 saturated heterocycles.